The zero-order valence-corrected chi connectivity index (χ0v) is 13.5. The molecule has 1 aliphatic heterocycles. The Kier molecular flexibility index (Phi) is 5.67. The molecule has 0 bridgehead atoms. The van der Waals surface area contributed by atoms with Crippen LogP contribution in [0.15, 0.2) is 0 Å². The number of nitrogens with zero attached hydrogens (tertiary/aromatic N) is 1. The third-order valence-corrected chi connectivity index (χ3v) is 4.56. The summed E-state index contributed by atoms with van der Waals surface area (Å²) in [6.45, 7) is 18.9. The Morgan fingerprint density at radius 1 is 1.22 bits per heavy atom. The van der Waals surface area contributed by atoms with E-state index in [1.165, 1.54) is 38.9 Å². The summed E-state index contributed by atoms with van der Waals surface area (Å²) in [5, 5.41) is 3.58. The lowest BCUT2D eigenvalue weighted by Crippen LogP contribution is -2.46. The standard InChI is InChI=1S/C16H34N2/c1-7-16(6)8-10-18(11-9-16)13-15(4,5)12-17-14(2)3/h14,17H,7-13H2,1-6H3. The van der Waals surface area contributed by atoms with Crippen LogP contribution in [0, 0.1) is 10.8 Å². The maximum absolute atomic E-state index is 3.58. The third-order valence-electron chi connectivity index (χ3n) is 4.56. The maximum Gasteiger partial charge on any atom is 0.00448 e. The Morgan fingerprint density at radius 3 is 2.22 bits per heavy atom. The van der Waals surface area contributed by atoms with Crippen molar-refractivity contribution in [3.8, 4) is 0 Å². The van der Waals surface area contributed by atoms with Gasteiger partial charge >= 0.3 is 0 Å². The molecule has 0 aromatic rings. The minimum atomic E-state index is 0.379. The molecule has 0 atom stereocenters. The van der Waals surface area contributed by atoms with Crippen molar-refractivity contribution in [1.82, 2.24) is 10.2 Å². The van der Waals surface area contributed by atoms with Crippen LogP contribution in [0.25, 0.3) is 0 Å². The predicted octanol–water partition coefficient (Wildman–Crippen LogP) is 3.52. The minimum Gasteiger partial charge on any atom is -0.314 e. The number of likely N-dealkylation sites (tertiary alicyclic amines) is 1. The molecule has 0 aromatic heterocycles. The summed E-state index contributed by atoms with van der Waals surface area (Å²) < 4.78 is 0. The van der Waals surface area contributed by atoms with Crippen molar-refractivity contribution in [2.75, 3.05) is 26.2 Å². The quantitative estimate of drug-likeness (QED) is 0.780. The molecule has 0 unspecified atom stereocenters. The van der Waals surface area contributed by atoms with E-state index in [0.717, 1.165) is 6.54 Å². The lowest BCUT2D eigenvalue weighted by molar-refractivity contribution is 0.0818. The molecule has 1 fully saturated rings. The molecule has 0 spiro atoms. The largest absolute Gasteiger partial charge is 0.314 e. The van der Waals surface area contributed by atoms with Gasteiger partial charge in [0.1, 0.15) is 0 Å². The first kappa shape index (κ1) is 16.0. The van der Waals surface area contributed by atoms with Gasteiger partial charge in [-0.1, -0.05) is 48.0 Å². The summed E-state index contributed by atoms with van der Waals surface area (Å²) in [7, 11) is 0. The highest BCUT2D eigenvalue weighted by Gasteiger charge is 2.30. The molecular formula is C16H34N2. The van der Waals surface area contributed by atoms with Crippen LogP contribution in [0.3, 0.4) is 0 Å². The Hall–Kier alpha value is -0.0800. The second kappa shape index (κ2) is 6.38. The fourth-order valence-corrected chi connectivity index (χ4v) is 2.75. The van der Waals surface area contributed by atoms with Gasteiger partial charge in [-0.05, 0) is 36.8 Å². The molecule has 1 saturated heterocycles. The number of hydrogen-bond acceptors (Lipinski definition) is 2. The van der Waals surface area contributed by atoms with Crippen LogP contribution in [-0.4, -0.2) is 37.1 Å². The van der Waals surface area contributed by atoms with Crippen LogP contribution in [0.5, 0.6) is 0 Å². The van der Waals surface area contributed by atoms with E-state index in [4.69, 9.17) is 0 Å². The molecular weight excluding hydrogens is 220 g/mol. The average molecular weight is 254 g/mol. The SMILES string of the molecule is CCC1(C)CCN(CC(C)(C)CNC(C)C)CC1. The van der Waals surface area contributed by atoms with E-state index in [2.05, 4.69) is 51.8 Å². The van der Waals surface area contributed by atoms with Crippen molar-refractivity contribution in [2.24, 2.45) is 10.8 Å². The molecule has 0 aliphatic carbocycles. The lowest BCUT2D eigenvalue weighted by atomic mass is 9.77. The number of rotatable bonds is 6. The molecule has 108 valence electrons. The van der Waals surface area contributed by atoms with Crippen molar-refractivity contribution in [1.29, 1.82) is 0 Å². The first-order valence-corrected chi connectivity index (χ1v) is 7.72. The van der Waals surface area contributed by atoms with Crippen molar-refractivity contribution in [2.45, 2.75) is 66.8 Å². The summed E-state index contributed by atoms with van der Waals surface area (Å²) in [5.41, 5.74) is 0.987. The van der Waals surface area contributed by atoms with Crippen LogP contribution in [0.1, 0.15) is 60.8 Å². The summed E-state index contributed by atoms with van der Waals surface area (Å²) in [5.74, 6) is 0. The van der Waals surface area contributed by atoms with E-state index >= 15 is 0 Å². The van der Waals surface area contributed by atoms with Gasteiger partial charge in [0.25, 0.3) is 0 Å². The fourth-order valence-electron chi connectivity index (χ4n) is 2.75. The molecule has 18 heavy (non-hydrogen) atoms. The summed E-state index contributed by atoms with van der Waals surface area (Å²) in [6, 6.07) is 0.592. The fraction of sp³-hybridized carbons (Fsp3) is 1.00. The second-order valence-corrected chi connectivity index (χ2v) is 7.64. The van der Waals surface area contributed by atoms with Crippen LogP contribution < -0.4 is 5.32 Å². The zero-order chi connectivity index (χ0) is 13.8. The van der Waals surface area contributed by atoms with Gasteiger partial charge in [0.2, 0.25) is 0 Å². The van der Waals surface area contributed by atoms with Crippen molar-refractivity contribution < 1.29 is 0 Å². The first-order chi connectivity index (χ1) is 8.26. The Bertz CT molecular complexity index is 237. The molecule has 0 radical (unpaired) electrons. The normalized spacial score (nSPS) is 21.5. The molecule has 1 heterocycles. The lowest BCUT2D eigenvalue weighted by Gasteiger charge is -2.42. The first-order valence-electron chi connectivity index (χ1n) is 7.72. The predicted molar refractivity (Wildman–Crippen MR) is 81.0 cm³/mol. The van der Waals surface area contributed by atoms with Crippen molar-refractivity contribution >= 4 is 0 Å². The molecule has 0 amide bonds. The Labute approximate surface area is 115 Å². The van der Waals surface area contributed by atoms with Gasteiger partial charge in [-0.25, -0.2) is 0 Å². The summed E-state index contributed by atoms with van der Waals surface area (Å²) >= 11 is 0. The van der Waals surface area contributed by atoms with Crippen molar-refractivity contribution in [3.63, 3.8) is 0 Å². The molecule has 0 aromatic carbocycles. The maximum atomic E-state index is 3.58. The number of hydrogen-bond donors (Lipinski definition) is 1. The van der Waals surface area contributed by atoms with Crippen LogP contribution in [-0.2, 0) is 0 Å². The van der Waals surface area contributed by atoms with Gasteiger partial charge in [0.15, 0.2) is 0 Å². The van der Waals surface area contributed by atoms with Gasteiger partial charge in [-0.2, -0.15) is 0 Å². The number of nitrogens with one attached hydrogen (secondary N) is 1. The van der Waals surface area contributed by atoms with E-state index in [1.54, 1.807) is 0 Å². The van der Waals surface area contributed by atoms with Crippen molar-refractivity contribution in [3.05, 3.63) is 0 Å². The molecule has 2 nitrogen and oxygen atoms in total. The molecule has 0 saturated carbocycles. The van der Waals surface area contributed by atoms with E-state index in [0.29, 0.717) is 16.9 Å². The minimum absolute atomic E-state index is 0.379. The Balaban J connectivity index is 2.35. The van der Waals surface area contributed by atoms with Gasteiger partial charge in [0, 0.05) is 19.1 Å². The van der Waals surface area contributed by atoms with E-state index in [-0.39, 0.29) is 0 Å². The number of piperidine rings is 1. The molecule has 1 aliphatic rings. The van der Waals surface area contributed by atoms with Crippen LogP contribution >= 0.6 is 0 Å². The molecule has 1 N–H and O–H groups in total. The highest BCUT2D eigenvalue weighted by molar-refractivity contribution is 4.84. The van der Waals surface area contributed by atoms with E-state index in [9.17, 15) is 0 Å². The third kappa shape index (κ3) is 5.27. The highest BCUT2D eigenvalue weighted by Crippen LogP contribution is 2.34. The summed E-state index contributed by atoms with van der Waals surface area (Å²) in [4.78, 5) is 2.67. The smallest absolute Gasteiger partial charge is 0.00448 e. The monoisotopic (exact) mass is 254 g/mol. The summed E-state index contributed by atoms with van der Waals surface area (Å²) in [6.07, 6.45) is 4.08. The van der Waals surface area contributed by atoms with E-state index < -0.39 is 0 Å². The topological polar surface area (TPSA) is 15.3 Å². The van der Waals surface area contributed by atoms with Gasteiger partial charge in [-0.15, -0.1) is 0 Å². The Morgan fingerprint density at radius 2 is 1.78 bits per heavy atom. The van der Waals surface area contributed by atoms with E-state index in [1.807, 2.05) is 0 Å². The van der Waals surface area contributed by atoms with Gasteiger partial charge < -0.3 is 10.2 Å². The van der Waals surface area contributed by atoms with Crippen LogP contribution in [0.2, 0.25) is 0 Å². The van der Waals surface area contributed by atoms with Gasteiger partial charge in [-0.3, -0.25) is 0 Å². The molecule has 1 rings (SSSR count). The zero-order valence-electron chi connectivity index (χ0n) is 13.5. The average Bonchev–Trinajstić information content (AvgIpc) is 2.30. The molecule has 2 heteroatoms. The van der Waals surface area contributed by atoms with Crippen LogP contribution in [0.4, 0.5) is 0 Å². The second-order valence-electron chi connectivity index (χ2n) is 7.64. The highest BCUT2D eigenvalue weighted by atomic mass is 15.1. The van der Waals surface area contributed by atoms with Gasteiger partial charge in [0.05, 0.1) is 0 Å².